The Balaban J connectivity index is 1.62. The molecule has 0 aliphatic carbocycles. The summed E-state index contributed by atoms with van der Waals surface area (Å²) in [5.41, 5.74) is 0.494. The second-order valence-electron chi connectivity index (χ2n) is 10.4. The number of rotatable bonds is 22. The molecular formula is C29H48NO7P. The van der Waals surface area contributed by atoms with Gasteiger partial charge in [0.1, 0.15) is 6.10 Å². The monoisotopic (exact) mass is 553 g/mol. The summed E-state index contributed by atoms with van der Waals surface area (Å²) in [4.78, 5) is 45.2. The van der Waals surface area contributed by atoms with E-state index in [-0.39, 0.29) is 17.7 Å². The fraction of sp³-hybridized carbons (Fsp3) is 0.724. The maximum absolute atomic E-state index is 12.9. The average Bonchev–Trinajstić information content (AvgIpc) is 3.12. The van der Waals surface area contributed by atoms with Crippen molar-refractivity contribution in [3.05, 3.63) is 35.4 Å². The molecule has 2 atom stereocenters. The first-order valence-electron chi connectivity index (χ1n) is 14.6. The SMILES string of the molecule is CCCCCCCCCCCCCCCCCCO[C@H](C(C)OP(=O)(O)O)N1C(=O)c2ccccc2C1=O. The van der Waals surface area contributed by atoms with Gasteiger partial charge in [0.25, 0.3) is 11.8 Å². The summed E-state index contributed by atoms with van der Waals surface area (Å²) in [7, 11) is -4.84. The summed E-state index contributed by atoms with van der Waals surface area (Å²) >= 11 is 0. The Bertz CT molecular complexity index is 852. The summed E-state index contributed by atoms with van der Waals surface area (Å²) in [6.45, 7) is 3.90. The minimum absolute atomic E-state index is 0.247. The molecule has 1 aliphatic heterocycles. The number of benzene rings is 1. The van der Waals surface area contributed by atoms with Crippen molar-refractivity contribution in [2.45, 2.75) is 129 Å². The summed E-state index contributed by atoms with van der Waals surface area (Å²) in [6, 6.07) is 6.43. The lowest BCUT2D eigenvalue weighted by molar-refractivity contribution is -0.0889. The van der Waals surface area contributed by atoms with E-state index in [9.17, 15) is 23.9 Å². The van der Waals surface area contributed by atoms with Crippen molar-refractivity contribution in [1.29, 1.82) is 0 Å². The smallest absolute Gasteiger partial charge is 0.355 e. The summed E-state index contributed by atoms with van der Waals surface area (Å²) in [6.07, 6.45) is 17.6. The van der Waals surface area contributed by atoms with E-state index in [2.05, 4.69) is 6.92 Å². The highest BCUT2D eigenvalue weighted by Crippen LogP contribution is 2.39. The van der Waals surface area contributed by atoms with Crippen LogP contribution in [-0.4, -0.2) is 45.4 Å². The van der Waals surface area contributed by atoms with E-state index in [0.29, 0.717) is 0 Å². The molecule has 8 nitrogen and oxygen atoms in total. The van der Waals surface area contributed by atoms with Crippen molar-refractivity contribution >= 4 is 19.6 Å². The first-order valence-corrected chi connectivity index (χ1v) is 16.1. The second kappa shape index (κ2) is 17.9. The number of hydrogen-bond acceptors (Lipinski definition) is 5. The van der Waals surface area contributed by atoms with Crippen LogP contribution in [0.3, 0.4) is 0 Å². The fourth-order valence-corrected chi connectivity index (χ4v) is 5.52. The zero-order chi connectivity index (χ0) is 27.8. The van der Waals surface area contributed by atoms with Gasteiger partial charge in [-0.25, -0.2) is 9.46 Å². The minimum atomic E-state index is -4.84. The quantitative estimate of drug-likeness (QED) is 0.0874. The number of carbonyl (C=O) groups is 2. The predicted molar refractivity (Wildman–Crippen MR) is 149 cm³/mol. The molecule has 0 saturated heterocycles. The van der Waals surface area contributed by atoms with Crippen LogP contribution in [0.1, 0.15) is 137 Å². The van der Waals surface area contributed by atoms with E-state index >= 15 is 0 Å². The lowest BCUT2D eigenvalue weighted by atomic mass is 10.0. The third-order valence-electron chi connectivity index (χ3n) is 7.07. The molecule has 0 spiro atoms. The van der Waals surface area contributed by atoms with E-state index in [4.69, 9.17) is 9.26 Å². The highest BCUT2D eigenvalue weighted by molar-refractivity contribution is 7.46. The number of phosphoric ester groups is 1. The molecular weight excluding hydrogens is 505 g/mol. The van der Waals surface area contributed by atoms with Crippen LogP contribution in [0.4, 0.5) is 0 Å². The molecule has 38 heavy (non-hydrogen) atoms. The molecule has 1 unspecified atom stereocenters. The van der Waals surface area contributed by atoms with Crippen molar-refractivity contribution in [1.82, 2.24) is 4.90 Å². The van der Waals surface area contributed by atoms with E-state index < -0.39 is 32.0 Å². The third-order valence-corrected chi connectivity index (χ3v) is 7.68. The average molecular weight is 554 g/mol. The zero-order valence-electron chi connectivity index (χ0n) is 23.3. The van der Waals surface area contributed by atoms with Crippen LogP contribution >= 0.6 is 7.82 Å². The zero-order valence-corrected chi connectivity index (χ0v) is 24.2. The van der Waals surface area contributed by atoms with Crippen LogP contribution in [0.15, 0.2) is 24.3 Å². The van der Waals surface area contributed by atoms with Gasteiger partial charge in [-0.2, -0.15) is 0 Å². The minimum Gasteiger partial charge on any atom is -0.355 e. The van der Waals surface area contributed by atoms with Gasteiger partial charge in [0.2, 0.25) is 0 Å². The molecule has 0 saturated carbocycles. The largest absolute Gasteiger partial charge is 0.470 e. The molecule has 9 heteroatoms. The second-order valence-corrected chi connectivity index (χ2v) is 11.6. The topological polar surface area (TPSA) is 113 Å². The van der Waals surface area contributed by atoms with Gasteiger partial charge in [-0.1, -0.05) is 115 Å². The van der Waals surface area contributed by atoms with Crippen LogP contribution in [0.5, 0.6) is 0 Å². The van der Waals surface area contributed by atoms with Gasteiger partial charge < -0.3 is 14.5 Å². The third kappa shape index (κ3) is 11.7. The molecule has 0 fully saturated rings. The number of fused-ring (bicyclic) bond motifs is 1. The molecule has 1 aliphatic rings. The van der Waals surface area contributed by atoms with Gasteiger partial charge >= 0.3 is 7.82 Å². The number of carbonyl (C=O) groups excluding carboxylic acids is 2. The number of phosphoric acid groups is 1. The maximum atomic E-state index is 12.9. The Kier molecular flexibility index (Phi) is 15.4. The molecule has 0 radical (unpaired) electrons. The number of hydrogen-bond donors (Lipinski definition) is 2. The predicted octanol–water partition coefficient (Wildman–Crippen LogP) is 7.38. The van der Waals surface area contributed by atoms with Crippen molar-refractivity contribution in [2.24, 2.45) is 0 Å². The molecule has 2 rings (SSSR count). The fourth-order valence-electron chi connectivity index (χ4n) is 4.98. The molecule has 1 aromatic rings. The summed E-state index contributed by atoms with van der Waals surface area (Å²) < 4.78 is 22.0. The molecule has 2 N–H and O–H groups in total. The summed E-state index contributed by atoms with van der Waals surface area (Å²) in [5.74, 6) is -1.10. The Hall–Kier alpha value is -1.57. The van der Waals surface area contributed by atoms with Crippen LogP contribution in [0.25, 0.3) is 0 Å². The Labute approximate surface area is 228 Å². The van der Waals surface area contributed by atoms with Crippen LogP contribution in [0, 0.1) is 0 Å². The van der Waals surface area contributed by atoms with E-state index in [1.807, 2.05) is 0 Å². The number of unbranched alkanes of at least 4 members (excludes halogenated alkanes) is 15. The van der Waals surface area contributed by atoms with Gasteiger partial charge in [0.05, 0.1) is 11.1 Å². The van der Waals surface area contributed by atoms with Crippen LogP contribution < -0.4 is 0 Å². The maximum Gasteiger partial charge on any atom is 0.470 e. The highest BCUT2D eigenvalue weighted by Gasteiger charge is 2.44. The van der Waals surface area contributed by atoms with Crippen molar-refractivity contribution in [3.63, 3.8) is 0 Å². The number of imide groups is 1. The van der Waals surface area contributed by atoms with Crippen LogP contribution in [0.2, 0.25) is 0 Å². The normalized spacial score (nSPS) is 15.2. The number of nitrogens with zero attached hydrogens (tertiary/aromatic N) is 1. The Morgan fingerprint density at radius 2 is 1.13 bits per heavy atom. The molecule has 216 valence electrons. The van der Waals surface area contributed by atoms with Crippen molar-refractivity contribution in [2.75, 3.05) is 6.61 Å². The highest BCUT2D eigenvalue weighted by atomic mass is 31.2. The number of ether oxygens (including phenoxy) is 1. The lowest BCUT2D eigenvalue weighted by Crippen LogP contribution is -2.48. The summed E-state index contributed by atoms with van der Waals surface area (Å²) in [5, 5.41) is 0. The molecule has 2 amide bonds. The lowest BCUT2D eigenvalue weighted by Gasteiger charge is -2.31. The van der Waals surface area contributed by atoms with E-state index in [1.165, 1.54) is 84.0 Å². The van der Waals surface area contributed by atoms with E-state index in [1.54, 1.807) is 24.3 Å². The number of amides is 2. The first kappa shape index (κ1) is 32.6. The van der Waals surface area contributed by atoms with Crippen molar-refractivity contribution < 1.29 is 33.2 Å². The Morgan fingerprint density at radius 3 is 1.53 bits per heavy atom. The van der Waals surface area contributed by atoms with Gasteiger partial charge in [-0.3, -0.25) is 14.1 Å². The van der Waals surface area contributed by atoms with Gasteiger partial charge in [-0.15, -0.1) is 0 Å². The van der Waals surface area contributed by atoms with Gasteiger partial charge in [0.15, 0.2) is 6.23 Å². The molecule has 0 aromatic heterocycles. The molecule has 1 heterocycles. The van der Waals surface area contributed by atoms with E-state index in [0.717, 1.165) is 30.6 Å². The van der Waals surface area contributed by atoms with Crippen LogP contribution in [-0.2, 0) is 13.8 Å². The van der Waals surface area contributed by atoms with Gasteiger partial charge in [-0.05, 0) is 25.5 Å². The molecule has 0 bridgehead atoms. The first-order chi connectivity index (χ1) is 18.3. The molecule has 1 aromatic carbocycles. The van der Waals surface area contributed by atoms with Crippen molar-refractivity contribution in [3.8, 4) is 0 Å². The van der Waals surface area contributed by atoms with Gasteiger partial charge in [0, 0.05) is 6.61 Å². The Morgan fingerprint density at radius 1 is 0.737 bits per heavy atom. The standard InChI is InChI=1S/C29H48NO7P/c1-3-4-5-6-7-8-9-10-11-12-13-14-15-16-17-20-23-36-29(24(2)37-38(33,34)35)30-27(31)25-21-18-19-22-26(25)28(30)32/h18-19,21-22,24,29H,3-17,20,23H2,1-2H3,(H2,33,34,35)/t24?,29-/m1/s1.